The maximum atomic E-state index is 11.4. The van der Waals surface area contributed by atoms with E-state index in [0.29, 0.717) is 11.3 Å². The Morgan fingerprint density at radius 3 is 2.58 bits per heavy atom. The van der Waals surface area contributed by atoms with Crippen molar-refractivity contribution < 1.29 is 19.4 Å². The maximum Gasteiger partial charge on any atom is 0.335 e. The fraction of sp³-hybridized carbons (Fsp3) is 0.429. The Morgan fingerprint density at radius 1 is 1.37 bits per heavy atom. The Kier molecular flexibility index (Phi) is 5.36. The molecular formula is C14H19NO4. The summed E-state index contributed by atoms with van der Waals surface area (Å²) in [6.07, 6.45) is 0.276. The SMILES string of the molecule is Cc1cc(OCCC(=O)NC(C)C)ccc1C(=O)O. The molecular weight excluding hydrogens is 246 g/mol. The van der Waals surface area contributed by atoms with Crippen LogP contribution in [-0.4, -0.2) is 29.6 Å². The lowest BCUT2D eigenvalue weighted by molar-refractivity contribution is -0.122. The molecule has 0 aliphatic rings. The molecule has 0 spiro atoms. The maximum absolute atomic E-state index is 11.4. The van der Waals surface area contributed by atoms with Gasteiger partial charge in [0.25, 0.3) is 0 Å². The van der Waals surface area contributed by atoms with Gasteiger partial charge in [0, 0.05) is 6.04 Å². The fourth-order valence-electron chi connectivity index (χ4n) is 1.62. The first-order chi connectivity index (χ1) is 8.90. The highest BCUT2D eigenvalue weighted by atomic mass is 16.5. The third kappa shape index (κ3) is 4.99. The number of aromatic carboxylic acids is 1. The number of carboxylic acids is 1. The molecule has 1 rings (SSSR count). The number of hydrogen-bond donors (Lipinski definition) is 2. The Hall–Kier alpha value is -2.04. The van der Waals surface area contributed by atoms with Crippen LogP contribution in [0.5, 0.6) is 5.75 Å². The minimum atomic E-state index is -0.958. The molecule has 0 heterocycles. The lowest BCUT2D eigenvalue weighted by atomic mass is 10.1. The molecule has 0 saturated heterocycles. The van der Waals surface area contributed by atoms with E-state index in [9.17, 15) is 9.59 Å². The van der Waals surface area contributed by atoms with Crippen LogP contribution in [0.15, 0.2) is 18.2 Å². The van der Waals surface area contributed by atoms with Gasteiger partial charge in [0.2, 0.25) is 5.91 Å². The molecule has 0 atom stereocenters. The molecule has 5 heteroatoms. The molecule has 1 amide bonds. The van der Waals surface area contributed by atoms with Crippen LogP contribution in [0.1, 0.15) is 36.2 Å². The van der Waals surface area contributed by atoms with Gasteiger partial charge in [-0.15, -0.1) is 0 Å². The minimum absolute atomic E-state index is 0.0612. The number of carbonyl (C=O) groups excluding carboxylic acids is 1. The Labute approximate surface area is 112 Å². The lowest BCUT2D eigenvalue weighted by Crippen LogP contribution is -2.31. The molecule has 0 fully saturated rings. The number of hydrogen-bond acceptors (Lipinski definition) is 3. The highest BCUT2D eigenvalue weighted by Crippen LogP contribution is 2.17. The van der Waals surface area contributed by atoms with Crippen LogP contribution >= 0.6 is 0 Å². The fourth-order valence-corrected chi connectivity index (χ4v) is 1.62. The lowest BCUT2D eigenvalue weighted by Gasteiger charge is -2.10. The largest absolute Gasteiger partial charge is 0.493 e. The average molecular weight is 265 g/mol. The summed E-state index contributed by atoms with van der Waals surface area (Å²) in [5.74, 6) is -0.450. The van der Waals surface area contributed by atoms with Crippen molar-refractivity contribution in [3.05, 3.63) is 29.3 Å². The number of rotatable bonds is 6. The van der Waals surface area contributed by atoms with E-state index in [1.165, 1.54) is 6.07 Å². The van der Waals surface area contributed by atoms with Crippen molar-refractivity contribution in [2.75, 3.05) is 6.61 Å². The van der Waals surface area contributed by atoms with Crippen molar-refractivity contribution in [1.29, 1.82) is 0 Å². The predicted molar refractivity (Wildman–Crippen MR) is 71.5 cm³/mol. The molecule has 104 valence electrons. The van der Waals surface area contributed by atoms with Gasteiger partial charge in [0.1, 0.15) is 5.75 Å². The Morgan fingerprint density at radius 2 is 2.05 bits per heavy atom. The number of carboxylic acid groups (broad SMARTS) is 1. The molecule has 2 N–H and O–H groups in total. The van der Waals surface area contributed by atoms with Crippen LogP contribution in [-0.2, 0) is 4.79 Å². The molecule has 0 unspecified atom stereocenters. The third-order valence-electron chi connectivity index (χ3n) is 2.48. The number of amides is 1. The van der Waals surface area contributed by atoms with E-state index in [1.807, 2.05) is 13.8 Å². The van der Waals surface area contributed by atoms with Gasteiger partial charge in [0.05, 0.1) is 18.6 Å². The van der Waals surface area contributed by atoms with Crippen LogP contribution in [0.4, 0.5) is 0 Å². The highest BCUT2D eigenvalue weighted by molar-refractivity contribution is 5.89. The molecule has 0 aliphatic heterocycles. The average Bonchev–Trinajstić information content (AvgIpc) is 2.27. The van der Waals surface area contributed by atoms with Crippen molar-refractivity contribution >= 4 is 11.9 Å². The van der Waals surface area contributed by atoms with E-state index in [0.717, 1.165) is 0 Å². The topological polar surface area (TPSA) is 75.6 Å². The summed E-state index contributed by atoms with van der Waals surface area (Å²) < 4.78 is 5.42. The summed E-state index contributed by atoms with van der Waals surface area (Å²) in [5.41, 5.74) is 0.890. The summed E-state index contributed by atoms with van der Waals surface area (Å²) >= 11 is 0. The standard InChI is InChI=1S/C14H19NO4/c1-9(2)15-13(16)6-7-19-11-4-5-12(14(17)18)10(3)8-11/h4-5,8-9H,6-7H2,1-3H3,(H,15,16)(H,17,18). The van der Waals surface area contributed by atoms with Gasteiger partial charge in [-0.1, -0.05) is 0 Å². The molecule has 1 aromatic rings. The zero-order valence-electron chi connectivity index (χ0n) is 11.4. The van der Waals surface area contributed by atoms with Gasteiger partial charge in [-0.2, -0.15) is 0 Å². The molecule has 19 heavy (non-hydrogen) atoms. The van der Waals surface area contributed by atoms with E-state index < -0.39 is 5.97 Å². The summed E-state index contributed by atoms with van der Waals surface area (Å²) in [5, 5.41) is 11.7. The van der Waals surface area contributed by atoms with Gasteiger partial charge < -0.3 is 15.2 Å². The first kappa shape index (κ1) is 15.0. The van der Waals surface area contributed by atoms with E-state index in [4.69, 9.17) is 9.84 Å². The summed E-state index contributed by atoms with van der Waals surface area (Å²) in [4.78, 5) is 22.2. The Bertz CT molecular complexity index is 469. The van der Waals surface area contributed by atoms with Crippen LogP contribution in [0.2, 0.25) is 0 Å². The van der Waals surface area contributed by atoms with Crippen LogP contribution < -0.4 is 10.1 Å². The number of aryl methyl sites for hydroxylation is 1. The summed E-state index contributed by atoms with van der Waals surface area (Å²) in [6, 6.07) is 4.87. The van der Waals surface area contributed by atoms with E-state index in [-0.39, 0.29) is 30.5 Å². The molecule has 0 radical (unpaired) electrons. The van der Waals surface area contributed by atoms with Gasteiger partial charge in [0.15, 0.2) is 0 Å². The summed E-state index contributed by atoms with van der Waals surface area (Å²) in [6.45, 7) is 5.77. The Balaban J connectivity index is 2.48. The van der Waals surface area contributed by atoms with Gasteiger partial charge in [-0.05, 0) is 44.5 Å². The molecule has 0 bridgehead atoms. The molecule has 0 aliphatic carbocycles. The third-order valence-corrected chi connectivity index (χ3v) is 2.48. The first-order valence-corrected chi connectivity index (χ1v) is 6.16. The van der Waals surface area contributed by atoms with Gasteiger partial charge >= 0.3 is 5.97 Å². The number of carbonyl (C=O) groups is 2. The minimum Gasteiger partial charge on any atom is -0.493 e. The van der Waals surface area contributed by atoms with Crippen LogP contribution in [0.25, 0.3) is 0 Å². The zero-order chi connectivity index (χ0) is 14.4. The number of benzene rings is 1. The molecule has 0 saturated carbocycles. The number of nitrogens with one attached hydrogen (secondary N) is 1. The monoisotopic (exact) mass is 265 g/mol. The molecule has 5 nitrogen and oxygen atoms in total. The van der Waals surface area contributed by atoms with E-state index in [1.54, 1.807) is 19.1 Å². The second-order valence-electron chi connectivity index (χ2n) is 4.60. The van der Waals surface area contributed by atoms with Crippen molar-refractivity contribution in [2.45, 2.75) is 33.2 Å². The van der Waals surface area contributed by atoms with E-state index in [2.05, 4.69) is 5.32 Å². The summed E-state index contributed by atoms with van der Waals surface area (Å²) in [7, 11) is 0. The van der Waals surface area contributed by atoms with Crippen molar-refractivity contribution in [3.8, 4) is 5.75 Å². The van der Waals surface area contributed by atoms with Crippen molar-refractivity contribution in [1.82, 2.24) is 5.32 Å². The van der Waals surface area contributed by atoms with E-state index >= 15 is 0 Å². The predicted octanol–water partition coefficient (Wildman–Crippen LogP) is 1.99. The normalized spacial score (nSPS) is 10.3. The van der Waals surface area contributed by atoms with Crippen molar-refractivity contribution in [2.24, 2.45) is 0 Å². The quantitative estimate of drug-likeness (QED) is 0.824. The highest BCUT2D eigenvalue weighted by Gasteiger charge is 2.08. The zero-order valence-corrected chi connectivity index (χ0v) is 11.4. The molecule has 1 aromatic carbocycles. The second kappa shape index (κ2) is 6.78. The number of ether oxygens (including phenoxy) is 1. The smallest absolute Gasteiger partial charge is 0.335 e. The van der Waals surface area contributed by atoms with Crippen LogP contribution in [0.3, 0.4) is 0 Å². The second-order valence-corrected chi connectivity index (χ2v) is 4.60. The first-order valence-electron chi connectivity index (χ1n) is 6.16. The molecule has 0 aromatic heterocycles. The van der Waals surface area contributed by atoms with Gasteiger partial charge in [-0.25, -0.2) is 4.79 Å². The van der Waals surface area contributed by atoms with Crippen LogP contribution in [0, 0.1) is 6.92 Å². The van der Waals surface area contributed by atoms with Crippen molar-refractivity contribution in [3.63, 3.8) is 0 Å². The van der Waals surface area contributed by atoms with Gasteiger partial charge in [-0.3, -0.25) is 4.79 Å².